The van der Waals surface area contributed by atoms with Crippen LogP contribution in [0.2, 0.25) is 0 Å². The van der Waals surface area contributed by atoms with Crippen molar-refractivity contribution in [2.75, 3.05) is 37.7 Å². The SMILES string of the molecule is C=C(C)[C@@H]1CC[C@]2(C(=O)O)CC[C@]3(C)[C@H](CC[C@@H]4[C@@]5(C)CC[C@H](O)[C@@](C)(COC(=O)CCC(=O)NCCNC(=O)c6cc7ccc(N(CC)CC)cc7oc6=O)[C@@H]5CC[C@]43C)[C@@H]12. The van der Waals surface area contributed by atoms with Gasteiger partial charge >= 0.3 is 17.6 Å². The molecular formula is C50H71N3O9. The van der Waals surface area contributed by atoms with Gasteiger partial charge < -0.3 is 34.9 Å². The molecule has 2 amide bonds. The second-order valence-electron chi connectivity index (χ2n) is 20.8. The maximum absolute atomic E-state index is 13.2. The van der Waals surface area contributed by atoms with Crippen LogP contribution in [0.15, 0.2) is 45.6 Å². The highest BCUT2D eigenvalue weighted by Gasteiger charge is 2.72. The molecule has 5 aliphatic carbocycles. The van der Waals surface area contributed by atoms with Gasteiger partial charge in [-0.2, -0.15) is 0 Å². The Hall–Kier alpha value is -4.19. The van der Waals surface area contributed by atoms with E-state index in [4.69, 9.17) is 9.15 Å². The molecule has 2 aromatic rings. The Morgan fingerprint density at radius 1 is 0.871 bits per heavy atom. The van der Waals surface area contributed by atoms with E-state index in [1.54, 1.807) is 6.07 Å². The molecule has 0 spiro atoms. The lowest BCUT2D eigenvalue weighted by atomic mass is 9.32. The number of amides is 2. The van der Waals surface area contributed by atoms with Crippen LogP contribution >= 0.6 is 0 Å². The molecule has 0 unspecified atom stereocenters. The smallest absolute Gasteiger partial charge is 0.349 e. The Labute approximate surface area is 367 Å². The number of fused-ring (bicyclic) bond motifs is 8. The predicted octanol–water partition coefficient (Wildman–Crippen LogP) is 7.89. The molecular weight excluding hydrogens is 787 g/mol. The summed E-state index contributed by atoms with van der Waals surface area (Å²) in [5.41, 5.74) is 0.172. The maximum Gasteiger partial charge on any atom is 0.349 e. The van der Waals surface area contributed by atoms with E-state index in [1.807, 2.05) is 26.0 Å². The van der Waals surface area contributed by atoms with E-state index in [0.717, 1.165) is 82.1 Å². The number of hydrogen-bond donors (Lipinski definition) is 4. The molecule has 1 aromatic carbocycles. The number of aliphatic carboxylic acids is 1. The number of aliphatic hydroxyl groups excluding tert-OH is 1. The number of anilines is 1. The van der Waals surface area contributed by atoms with Crippen molar-refractivity contribution in [2.24, 2.45) is 56.7 Å². The first-order valence-corrected chi connectivity index (χ1v) is 23.4. The van der Waals surface area contributed by atoms with Crippen LogP contribution in [0.25, 0.3) is 11.0 Å². The van der Waals surface area contributed by atoms with E-state index >= 15 is 0 Å². The number of nitrogens with zero attached hydrogens (tertiary/aromatic N) is 1. The number of rotatable bonds is 14. The zero-order chi connectivity index (χ0) is 45.0. The van der Waals surface area contributed by atoms with Crippen LogP contribution in [-0.2, 0) is 19.1 Å². The van der Waals surface area contributed by atoms with Gasteiger partial charge in [-0.25, -0.2) is 4.79 Å². The standard InChI is InChI=1S/C50H71N3O9/c1-9-53(10-2)32-12-11-31-27-34(44(58)62-36(31)28-32)43(57)52-26-25-51-40(55)15-16-41(56)61-29-47(6)37-18-21-49(8)38(46(37,5)20-19-39(47)54)14-13-35-42-33(30(3)4)17-22-50(42,45(59)60)24-23-48(35,49)7/h11-12,27-28,33,35,37-39,42,54H,3,9-10,13-26,29H2,1-2,4-8H3,(H,51,55)(H,52,57)(H,59,60)/t33-,35+,37+,38+,39-,42+,46-,47-,48+,49+,50-/m0/s1. The lowest BCUT2D eigenvalue weighted by Crippen LogP contribution is -2.67. The molecule has 5 aliphatic rings. The average molecular weight is 858 g/mol. The summed E-state index contributed by atoms with van der Waals surface area (Å²) in [5, 5.41) is 28.4. The van der Waals surface area contributed by atoms with Crippen molar-refractivity contribution in [2.45, 2.75) is 132 Å². The number of carbonyl (C=O) groups excluding carboxylic acids is 3. The molecule has 1 aromatic heterocycles. The minimum Gasteiger partial charge on any atom is -0.481 e. The Morgan fingerprint density at radius 3 is 2.29 bits per heavy atom. The van der Waals surface area contributed by atoms with Crippen molar-refractivity contribution in [3.8, 4) is 0 Å². The molecule has 62 heavy (non-hydrogen) atoms. The first kappa shape index (κ1) is 45.8. The van der Waals surface area contributed by atoms with Gasteiger partial charge in [0, 0.05) is 55.2 Å². The number of benzene rings is 1. The number of carbonyl (C=O) groups is 4. The lowest BCUT2D eigenvalue weighted by molar-refractivity contribution is -0.255. The van der Waals surface area contributed by atoms with Crippen LogP contribution in [0, 0.1) is 56.7 Å². The van der Waals surface area contributed by atoms with E-state index in [1.165, 1.54) is 6.07 Å². The normalized spacial score (nSPS) is 36.0. The summed E-state index contributed by atoms with van der Waals surface area (Å²) in [7, 11) is 0. The number of carboxylic acids is 1. The molecule has 5 fully saturated rings. The highest BCUT2D eigenvalue weighted by molar-refractivity contribution is 5.97. The number of esters is 1. The predicted molar refractivity (Wildman–Crippen MR) is 239 cm³/mol. The zero-order valence-corrected chi connectivity index (χ0v) is 38.2. The van der Waals surface area contributed by atoms with Crippen molar-refractivity contribution in [3.05, 3.63) is 52.4 Å². The molecule has 4 N–H and O–H groups in total. The van der Waals surface area contributed by atoms with Crippen molar-refractivity contribution in [3.63, 3.8) is 0 Å². The summed E-state index contributed by atoms with van der Waals surface area (Å²) in [6, 6.07) is 7.05. The number of aliphatic hydroxyl groups is 1. The molecule has 12 nitrogen and oxygen atoms in total. The van der Waals surface area contributed by atoms with Gasteiger partial charge in [-0.15, -0.1) is 0 Å². The molecule has 0 bridgehead atoms. The van der Waals surface area contributed by atoms with Gasteiger partial charge in [0.15, 0.2) is 0 Å². The third-order valence-electron chi connectivity index (χ3n) is 18.2. The first-order valence-electron chi connectivity index (χ1n) is 23.4. The Bertz CT molecular complexity index is 2150. The summed E-state index contributed by atoms with van der Waals surface area (Å²) in [6.45, 7) is 21.9. The largest absolute Gasteiger partial charge is 0.481 e. The molecule has 340 valence electrons. The molecule has 5 saturated carbocycles. The topological polar surface area (TPSA) is 175 Å². The molecule has 1 heterocycles. The molecule has 0 aliphatic heterocycles. The fourth-order valence-electron chi connectivity index (χ4n) is 14.6. The van der Waals surface area contributed by atoms with E-state index in [-0.39, 0.29) is 78.0 Å². The van der Waals surface area contributed by atoms with E-state index in [2.05, 4.69) is 56.7 Å². The van der Waals surface area contributed by atoms with Gasteiger partial charge in [0.25, 0.3) is 5.91 Å². The van der Waals surface area contributed by atoms with E-state index < -0.39 is 40.4 Å². The average Bonchev–Trinajstić information content (AvgIpc) is 3.64. The summed E-state index contributed by atoms with van der Waals surface area (Å²) >= 11 is 0. The van der Waals surface area contributed by atoms with Crippen molar-refractivity contribution in [1.29, 1.82) is 0 Å². The summed E-state index contributed by atoms with van der Waals surface area (Å²) in [6.07, 6.45) is 7.89. The third kappa shape index (κ3) is 7.47. The number of allylic oxidation sites excluding steroid dienone is 1. The van der Waals surface area contributed by atoms with E-state index in [9.17, 15) is 34.2 Å². The minimum absolute atomic E-state index is 0.00525. The summed E-state index contributed by atoms with van der Waals surface area (Å²) in [5.74, 6) is -0.897. The monoisotopic (exact) mass is 858 g/mol. The van der Waals surface area contributed by atoms with Gasteiger partial charge in [-0.1, -0.05) is 39.8 Å². The van der Waals surface area contributed by atoms with Gasteiger partial charge in [0.2, 0.25) is 5.91 Å². The van der Waals surface area contributed by atoms with Crippen LogP contribution in [0.3, 0.4) is 0 Å². The minimum atomic E-state index is -0.743. The Morgan fingerprint density at radius 2 is 1.60 bits per heavy atom. The van der Waals surface area contributed by atoms with Crippen LogP contribution in [0.4, 0.5) is 5.69 Å². The molecule has 11 atom stereocenters. The summed E-state index contributed by atoms with van der Waals surface area (Å²) < 4.78 is 11.4. The van der Waals surface area contributed by atoms with Crippen LogP contribution in [0.1, 0.15) is 136 Å². The van der Waals surface area contributed by atoms with Crippen LogP contribution in [-0.4, -0.2) is 72.9 Å². The number of ether oxygens (including phenoxy) is 1. The Kier molecular flexibility index (Phi) is 12.6. The number of nitrogens with one attached hydrogen (secondary N) is 2. The molecule has 12 heteroatoms. The molecule has 0 radical (unpaired) electrons. The number of hydrogen-bond acceptors (Lipinski definition) is 9. The zero-order valence-electron chi connectivity index (χ0n) is 38.2. The van der Waals surface area contributed by atoms with Crippen molar-refractivity contribution >= 4 is 40.4 Å². The van der Waals surface area contributed by atoms with Gasteiger partial charge in [0.05, 0.1) is 24.5 Å². The fraction of sp³-hybridized carbons (Fsp3) is 0.700. The van der Waals surface area contributed by atoms with Gasteiger partial charge in [-0.05, 0) is 149 Å². The van der Waals surface area contributed by atoms with Crippen LogP contribution < -0.4 is 21.2 Å². The van der Waals surface area contributed by atoms with Gasteiger partial charge in [-0.3, -0.25) is 19.2 Å². The molecule has 0 saturated heterocycles. The molecule has 7 rings (SSSR count). The van der Waals surface area contributed by atoms with Crippen molar-refractivity contribution in [1.82, 2.24) is 10.6 Å². The first-order chi connectivity index (χ1) is 29.3. The highest BCUT2D eigenvalue weighted by Crippen LogP contribution is 2.77. The Balaban J connectivity index is 0.917. The van der Waals surface area contributed by atoms with Crippen molar-refractivity contribution < 1.29 is 38.5 Å². The summed E-state index contributed by atoms with van der Waals surface area (Å²) in [4.78, 5) is 66.6. The lowest BCUT2D eigenvalue weighted by Gasteiger charge is -2.72. The quantitative estimate of drug-likeness (QED) is 0.0633. The second-order valence-corrected chi connectivity index (χ2v) is 20.8. The number of carboxylic acid groups (broad SMARTS) is 1. The highest BCUT2D eigenvalue weighted by atomic mass is 16.5. The fourth-order valence-corrected chi connectivity index (χ4v) is 14.6. The maximum atomic E-state index is 13.2. The third-order valence-corrected chi connectivity index (χ3v) is 18.2. The second kappa shape index (κ2) is 17.1. The van der Waals surface area contributed by atoms with Gasteiger partial charge in [0.1, 0.15) is 11.1 Å². The van der Waals surface area contributed by atoms with E-state index in [0.29, 0.717) is 29.2 Å². The van der Waals surface area contributed by atoms with Crippen LogP contribution in [0.5, 0.6) is 0 Å².